The van der Waals surface area contributed by atoms with E-state index in [2.05, 4.69) is 16.6 Å². The Hall–Kier alpha value is -3.43. The van der Waals surface area contributed by atoms with Crippen LogP contribution >= 0.6 is 11.3 Å². The van der Waals surface area contributed by atoms with Gasteiger partial charge in [0.1, 0.15) is 23.6 Å². The van der Waals surface area contributed by atoms with Gasteiger partial charge < -0.3 is 15.4 Å². The summed E-state index contributed by atoms with van der Waals surface area (Å²) in [6, 6.07) is 13.9. The van der Waals surface area contributed by atoms with Crippen molar-refractivity contribution in [2.45, 2.75) is 51.1 Å². The second kappa shape index (κ2) is 11.5. The molecule has 1 unspecified atom stereocenters. The van der Waals surface area contributed by atoms with E-state index in [1.165, 1.54) is 22.3 Å². The quantitative estimate of drug-likeness (QED) is 0.223. The van der Waals surface area contributed by atoms with Crippen molar-refractivity contribution in [3.05, 3.63) is 93.4 Å². The Kier molecular flexibility index (Phi) is 8.38. The van der Waals surface area contributed by atoms with Crippen molar-refractivity contribution in [2.75, 3.05) is 13.6 Å². The highest BCUT2D eigenvalue weighted by Crippen LogP contribution is 2.36. The fourth-order valence-corrected chi connectivity index (χ4v) is 5.60. The molecule has 1 amide bonds. The first-order valence-electron chi connectivity index (χ1n) is 12.4. The van der Waals surface area contributed by atoms with E-state index in [9.17, 15) is 13.6 Å². The zero-order chi connectivity index (χ0) is 27.4. The summed E-state index contributed by atoms with van der Waals surface area (Å²) in [5.41, 5.74) is 8.39. The van der Waals surface area contributed by atoms with Crippen molar-refractivity contribution in [1.82, 2.24) is 9.88 Å². The average Bonchev–Trinajstić information content (AvgIpc) is 3.51. The second-order valence-corrected chi connectivity index (χ2v) is 10.7. The lowest BCUT2D eigenvalue weighted by Crippen LogP contribution is -2.48. The lowest BCUT2D eigenvalue weighted by molar-refractivity contribution is 0.0728. The minimum absolute atomic E-state index is 0.0492. The maximum absolute atomic E-state index is 14.5. The molecule has 1 aromatic heterocycles. The van der Waals surface area contributed by atoms with Crippen molar-refractivity contribution in [3.63, 3.8) is 0 Å². The van der Waals surface area contributed by atoms with Gasteiger partial charge in [-0.25, -0.2) is 13.8 Å². The molecule has 4 rings (SSSR count). The maximum atomic E-state index is 14.5. The molecule has 2 heterocycles. The van der Waals surface area contributed by atoms with Crippen LogP contribution in [-0.2, 0) is 17.8 Å². The summed E-state index contributed by atoms with van der Waals surface area (Å²) in [5, 5.41) is 2.57. The van der Waals surface area contributed by atoms with E-state index >= 15 is 0 Å². The van der Waals surface area contributed by atoms with E-state index in [0.29, 0.717) is 17.0 Å². The normalized spacial score (nSPS) is 19.3. The number of thiazole rings is 1. The first-order valence-corrected chi connectivity index (χ1v) is 13.2. The van der Waals surface area contributed by atoms with Crippen molar-refractivity contribution in [1.29, 1.82) is 0 Å². The van der Waals surface area contributed by atoms with E-state index < -0.39 is 30.3 Å². The molecule has 0 radical (unpaired) electrons. The number of hydrogen-bond acceptors (Lipinski definition) is 6. The fraction of sp³-hybridized carbons (Fsp3) is 0.345. The Bertz CT molecular complexity index is 1340. The third kappa shape index (κ3) is 6.16. The molecule has 1 saturated heterocycles. The molecule has 9 heteroatoms. The number of amides is 1. The molecule has 1 aliphatic rings. The SMILES string of the molecule is C=C(OC(=NC)C(C)(N)Cc1ccccc1)c1cc(CF)cc(C(=O)N2C[C@@H](F)C[C@@H]2c2nc(C)cs2)c1. The molecule has 2 N–H and O–H groups in total. The van der Waals surface area contributed by atoms with Gasteiger partial charge >= 0.3 is 0 Å². The minimum Gasteiger partial charge on any atom is -0.441 e. The minimum atomic E-state index is -1.16. The molecular formula is C29H32F2N4O2S. The van der Waals surface area contributed by atoms with Crippen molar-refractivity contribution in [3.8, 4) is 0 Å². The maximum Gasteiger partial charge on any atom is 0.254 e. The zero-order valence-corrected chi connectivity index (χ0v) is 22.6. The van der Waals surface area contributed by atoms with Crippen LogP contribution in [0, 0.1) is 6.92 Å². The Morgan fingerprint density at radius 3 is 2.61 bits per heavy atom. The summed E-state index contributed by atoms with van der Waals surface area (Å²) in [7, 11) is 1.58. The molecule has 3 atom stereocenters. The number of aryl methyl sites for hydroxylation is 1. The van der Waals surface area contributed by atoms with E-state index in [4.69, 9.17) is 10.5 Å². The van der Waals surface area contributed by atoms with Gasteiger partial charge in [0.2, 0.25) is 5.90 Å². The largest absolute Gasteiger partial charge is 0.441 e. The number of aliphatic imine (C=N–C) groups is 1. The van der Waals surface area contributed by atoms with Crippen LogP contribution in [-0.4, -0.2) is 47.0 Å². The molecule has 0 spiro atoms. The number of rotatable bonds is 8. The summed E-state index contributed by atoms with van der Waals surface area (Å²) in [6.07, 6.45) is -0.513. The predicted molar refractivity (Wildman–Crippen MR) is 148 cm³/mol. The molecule has 2 aromatic carbocycles. The topological polar surface area (TPSA) is 80.8 Å². The molecule has 0 saturated carbocycles. The highest BCUT2D eigenvalue weighted by molar-refractivity contribution is 7.09. The van der Waals surface area contributed by atoms with E-state index in [-0.39, 0.29) is 35.7 Å². The first kappa shape index (κ1) is 27.6. The molecule has 0 aliphatic carbocycles. The number of halogens is 2. The fourth-order valence-electron chi connectivity index (χ4n) is 4.68. The summed E-state index contributed by atoms with van der Waals surface area (Å²) in [4.78, 5) is 23.8. The van der Waals surface area contributed by atoms with E-state index in [1.807, 2.05) is 49.6 Å². The van der Waals surface area contributed by atoms with Crippen LogP contribution in [0.15, 0.2) is 65.5 Å². The smallest absolute Gasteiger partial charge is 0.254 e. The van der Waals surface area contributed by atoms with Crippen LogP contribution in [0.4, 0.5) is 8.78 Å². The van der Waals surface area contributed by atoms with Crippen LogP contribution in [0.5, 0.6) is 0 Å². The van der Waals surface area contributed by atoms with Crippen LogP contribution in [0.1, 0.15) is 57.1 Å². The molecule has 1 aliphatic heterocycles. The lowest BCUT2D eigenvalue weighted by atomic mass is 9.93. The first-order chi connectivity index (χ1) is 18.1. The third-order valence-electron chi connectivity index (χ3n) is 6.47. The van der Waals surface area contributed by atoms with Gasteiger partial charge in [0.05, 0.1) is 18.1 Å². The summed E-state index contributed by atoms with van der Waals surface area (Å²) < 4.78 is 34.3. The number of carbonyl (C=O) groups excluding carboxylic acids is 1. The number of aromatic nitrogens is 1. The Labute approximate surface area is 225 Å². The van der Waals surface area contributed by atoms with Gasteiger partial charge in [-0.3, -0.25) is 9.79 Å². The molecule has 6 nitrogen and oxygen atoms in total. The molecule has 3 aromatic rings. The van der Waals surface area contributed by atoms with Crippen LogP contribution < -0.4 is 5.73 Å². The van der Waals surface area contributed by atoms with Gasteiger partial charge in [-0.2, -0.15) is 0 Å². The van der Waals surface area contributed by atoms with Crippen molar-refractivity contribution < 1.29 is 18.3 Å². The Morgan fingerprint density at radius 2 is 1.97 bits per heavy atom. The molecule has 38 heavy (non-hydrogen) atoms. The van der Waals surface area contributed by atoms with Crippen molar-refractivity contribution in [2.24, 2.45) is 10.7 Å². The van der Waals surface area contributed by atoms with Crippen molar-refractivity contribution >= 4 is 28.9 Å². The standard InChI is InChI=1S/C29H32F2N4O2S/c1-18-17-38-26(34-18)25-13-24(31)16-35(25)27(36)23-11-21(15-30)10-22(12-23)19(2)37-28(33-4)29(3,32)14-20-8-6-5-7-9-20/h5-12,17,24-25H,2,13-16,32H2,1,3-4H3/t24-,25+,29?/m0/s1. The number of ether oxygens (including phenoxy) is 1. The van der Waals surface area contributed by atoms with E-state index in [0.717, 1.165) is 11.3 Å². The molecule has 0 bridgehead atoms. The van der Waals surface area contributed by atoms with Crippen LogP contribution in [0.25, 0.3) is 5.76 Å². The van der Waals surface area contributed by atoms with Gasteiger partial charge in [-0.1, -0.05) is 36.9 Å². The zero-order valence-electron chi connectivity index (χ0n) is 21.8. The number of likely N-dealkylation sites (tertiary alicyclic amines) is 1. The number of nitrogens with zero attached hydrogens (tertiary/aromatic N) is 3. The summed E-state index contributed by atoms with van der Waals surface area (Å²) in [6.45, 7) is 6.84. The van der Waals surface area contributed by atoms with Crippen LogP contribution in [0.2, 0.25) is 0 Å². The second-order valence-electron chi connectivity index (χ2n) is 9.82. The van der Waals surface area contributed by atoms with Gasteiger partial charge in [0, 0.05) is 35.7 Å². The van der Waals surface area contributed by atoms with Gasteiger partial charge in [0.25, 0.3) is 5.91 Å². The molecular weight excluding hydrogens is 506 g/mol. The summed E-state index contributed by atoms with van der Waals surface area (Å²) in [5.74, 6) is 0.0324. The number of hydrogen-bond donors (Lipinski definition) is 1. The lowest BCUT2D eigenvalue weighted by Gasteiger charge is -2.27. The highest BCUT2D eigenvalue weighted by atomic mass is 32.1. The number of nitrogens with two attached hydrogens (primary N) is 1. The Morgan fingerprint density at radius 1 is 1.26 bits per heavy atom. The van der Waals surface area contributed by atoms with Crippen LogP contribution in [0.3, 0.4) is 0 Å². The number of benzene rings is 2. The Balaban J connectivity index is 1.57. The molecule has 200 valence electrons. The average molecular weight is 539 g/mol. The van der Waals surface area contributed by atoms with Gasteiger partial charge in [-0.15, -0.1) is 11.3 Å². The number of carbonyl (C=O) groups is 1. The van der Waals surface area contributed by atoms with E-state index in [1.54, 1.807) is 19.2 Å². The number of alkyl halides is 2. The predicted octanol–water partition coefficient (Wildman–Crippen LogP) is 5.82. The highest BCUT2D eigenvalue weighted by Gasteiger charge is 2.38. The third-order valence-corrected chi connectivity index (χ3v) is 7.54. The van der Waals surface area contributed by atoms with Gasteiger partial charge in [-0.05, 0) is 49.6 Å². The molecule has 1 fully saturated rings. The monoisotopic (exact) mass is 538 g/mol. The summed E-state index contributed by atoms with van der Waals surface area (Å²) >= 11 is 1.40. The van der Waals surface area contributed by atoms with Gasteiger partial charge in [0.15, 0.2) is 0 Å².